The monoisotopic (exact) mass is 341 g/mol. The Morgan fingerprint density at radius 3 is 2.12 bits per heavy atom. The molecule has 2 aromatic carbocycles. The Kier molecular flexibility index (Phi) is 5.80. The van der Waals surface area contributed by atoms with Gasteiger partial charge in [0.25, 0.3) is 0 Å². The van der Waals surface area contributed by atoms with Gasteiger partial charge in [-0.25, -0.2) is 4.79 Å². The van der Waals surface area contributed by atoms with E-state index in [4.69, 9.17) is 4.74 Å². The Bertz CT molecular complexity index is 723. The van der Waals surface area contributed by atoms with Crippen molar-refractivity contribution in [3.8, 4) is 5.75 Å². The van der Waals surface area contributed by atoms with Crippen molar-refractivity contribution < 1.29 is 19.4 Å². The van der Waals surface area contributed by atoms with E-state index < -0.39 is 11.5 Å². The van der Waals surface area contributed by atoms with Crippen LogP contribution in [0.5, 0.6) is 5.75 Å². The largest absolute Gasteiger partial charge is 0.497 e. The highest BCUT2D eigenvalue weighted by atomic mass is 16.5. The Balaban J connectivity index is 2.25. The third kappa shape index (κ3) is 4.59. The fourth-order valence-electron chi connectivity index (χ4n) is 2.49. The minimum atomic E-state index is -1.31. The molecule has 0 unspecified atom stereocenters. The first-order chi connectivity index (χ1) is 11.8. The van der Waals surface area contributed by atoms with Crippen LogP contribution in [0.25, 0.3) is 0 Å². The summed E-state index contributed by atoms with van der Waals surface area (Å²) in [5.74, 6) is -0.555. The number of methoxy groups -OCH3 is 1. The van der Waals surface area contributed by atoms with Crippen LogP contribution in [0, 0.1) is 0 Å². The number of carbonyl (C=O) groups excluding carboxylic acids is 1. The van der Waals surface area contributed by atoms with Crippen LogP contribution in [0.4, 0.5) is 0 Å². The maximum Gasteiger partial charge on any atom is 0.329 e. The molecule has 0 saturated heterocycles. The van der Waals surface area contributed by atoms with Crippen molar-refractivity contribution in [2.45, 2.75) is 32.4 Å². The van der Waals surface area contributed by atoms with E-state index in [1.807, 2.05) is 42.5 Å². The van der Waals surface area contributed by atoms with Gasteiger partial charge in [-0.2, -0.15) is 0 Å². The molecule has 5 nitrogen and oxygen atoms in total. The number of hydrogen-bond acceptors (Lipinski definition) is 3. The number of benzene rings is 2. The van der Waals surface area contributed by atoms with Crippen molar-refractivity contribution in [2.75, 3.05) is 7.11 Å². The molecule has 132 valence electrons. The smallest absolute Gasteiger partial charge is 0.329 e. The first-order valence-electron chi connectivity index (χ1n) is 8.05. The topological polar surface area (TPSA) is 66.8 Å². The van der Waals surface area contributed by atoms with Crippen molar-refractivity contribution in [2.24, 2.45) is 0 Å². The summed E-state index contributed by atoms with van der Waals surface area (Å²) >= 11 is 0. The summed E-state index contributed by atoms with van der Waals surface area (Å²) in [4.78, 5) is 25.9. The second-order valence-corrected chi connectivity index (χ2v) is 6.35. The van der Waals surface area contributed by atoms with E-state index in [0.29, 0.717) is 5.75 Å². The molecule has 1 amide bonds. The van der Waals surface area contributed by atoms with Crippen molar-refractivity contribution in [1.29, 1.82) is 0 Å². The number of carboxylic acids is 1. The number of ether oxygens (including phenoxy) is 1. The molecule has 2 aromatic rings. The minimum Gasteiger partial charge on any atom is -0.497 e. The molecule has 0 fully saturated rings. The number of aliphatic carboxylic acids is 1. The molecule has 0 aliphatic heterocycles. The van der Waals surface area contributed by atoms with Crippen LogP contribution >= 0.6 is 0 Å². The van der Waals surface area contributed by atoms with Gasteiger partial charge in [-0.1, -0.05) is 42.5 Å². The van der Waals surface area contributed by atoms with E-state index in [0.717, 1.165) is 11.1 Å². The van der Waals surface area contributed by atoms with E-state index in [-0.39, 0.29) is 18.9 Å². The molecule has 0 atom stereocenters. The van der Waals surface area contributed by atoms with E-state index >= 15 is 0 Å². The number of carboxylic acid groups (broad SMARTS) is 1. The van der Waals surface area contributed by atoms with Crippen LogP contribution in [0.3, 0.4) is 0 Å². The van der Waals surface area contributed by atoms with Gasteiger partial charge in [0.2, 0.25) is 5.91 Å². The zero-order valence-corrected chi connectivity index (χ0v) is 14.7. The fraction of sp³-hybridized carbons (Fsp3) is 0.300. The predicted octanol–water partition coefficient (Wildman–Crippen LogP) is 3.13. The third-order valence-corrected chi connectivity index (χ3v) is 4.20. The lowest BCUT2D eigenvalue weighted by Crippen LogP contribution is -2.53. The van der Waals surface area contributed by atoms with Crippen LogP contribution in [0.1, 0.15) is 25.0 Å². The number of nitrogens with zero attached hydrogens (tertiary/aromatic N) is 1. The van der Waals surface area contributed by atoms with E-state index in [1.54, 1.807) is 33.1 Å². The molecule has 0 aromatic heterocycles. The fourth-order valence-corrected chi connectivity index (χ4v) is 2.49. The zero-order valence-electron chi connectivity index (χ0n) is 14.7. The molecule has 0 aliphatic carbocycles. The number of hydrogen-bond donors (Lipinski definition) is 1. The van der Waals surface area contributed by atoms with Gasteiger partial charge in [0, 0.05) is 6.54 Å². The summed E-state index contributed by atoms with van der Waals surface area (Å²) in [7, 11) is 1.58. The molecule has 0 heterocycles. The second-order valence-electron chi connectivity index (χ2n) is 6.35. The van der Waals surface area contributed by atoms with Gasteiger partial charge in [-0.3, -0.25) is 4.79 Å². The van der Waals surface area contributed by atoms with Crippen LogP contribution < -0.4 is 4.74 Å². The average Bonchev–Trinajstić information content (AvgIpc) is 2.60. The Morgan fingerprint density at radius 1 is 1.00 bits per heavy atom. The summed E-state index contributed by atoms with van der Waals surface area (Å²) in [6.45, 7) is 3.30. The molecule has 0 saturated carbocycles. The highest BCUT2D eigenvalue weighted by Crippen LogP contribution is 2.21. The second kappa shape index (κ2) is 7.83. The maximum atomic E-state index is 12.8. The number of carbonyl (C=O) groups is 2. The van der Waals surface area contributed by atoms with Gasteiger partial charge in [-0.05, 0) is 37.1 Å². The van der Waals surface area contributed by atoms with Crippen molar-refractivity contribution in [3.63, 3.8) is 0 Å². The molecule has 0 radical (unpaired) electrons. The highest BCUT2D eigenvalue weighted by Gasteiger charge is 2.37. The Morgan fingerprint density at radius 2 is 1.60 bits per heavy atom. The van der Waals surface area contributed by atoms with Gasteiger partial charge < -0.3 is 14.7 Å². The summed E-state index contributed by atoms with van der Waals surface area (Å²) < 4.78 is 5.13. The van der Waals surface area contributed by atoms with Gasteiger partial charge in [-0.15, -0.1) is 0 Å². The molecule has 0 aliphatic rings. The quantitative estimate of drug-likeness (QED) is 0.840. The highest BCUT2D eigenvalue weighted by molar-refractivity contribution is 5.87. The Hall–Kier alpha value is -2.82. The van der Waals surface area contributed by atoms with Gasteiger partial charge in [0.1, 0.15) is 11.3 Å². The van der Waals surface area contributed by atoms with Crippen molar-refractivity contribution >= 4 is 11.9 Å². The lowest BCUT2D eigenvalue weighted by molar-refractivity contribution is -0.157. The molecule has 1 N–H and O–H groups in total. The molecule has 5 heteroatoms. The van der Waals surface area contributed by atoms with Crippen molar-refractivity contribution in [3.05, 3.63) is 65.7 Å². The van der Waals surface area contributed by atoms with Gasteiger partial charge in [0.05, 0.1) is 13.5 Å². The maximum absolute atomic E-state index is 12.8. The Labute approximate surface area is 147 Å². The van der Waals surface area contributed by atoms with E-state index in [1.165, 1.54) is 4.90 Å². The van der Waals surface area contributed by atoms with Crippen LogP contribution in [-0.2, 0) is 22.6 Å². The normalized spacial score (nSPS) is 11.0. The lowest BCUT2D eigenvalue weighted by atomic mass is 10.00. The summed E-state index contributed by atoms with van der Waals surface area (Å²) in [5.41, 5.74) is 0.385. The molecular formula is C20H23NO4. The third-order valence-electron chi connectivity index (χ3n) is 4.20. The van der Waals surface area contributed by atoms with Gasteiger partial charge in [0.15, 0.2) is 0 Å². The molecule has 0 spiro atoms. The standard InChI is InChI=1S/C20H23NO4/c1-20(2,19(23)24)21(14-16-9-11-17(25-3)12-10-16)18(22)13-15-7-5-4-6-8-15/h4-12H,13-14H2,1-3H3,(H,23,24). The SMILES string of the molecule is COc1ccc(CN(C(=O)Cc2ccccc2)C(C)(C)C(=O)O)cc1. The van der Waals surface area contributed by atoms with E-state index in [9.17, 15) is 14.7 Å². The summed E-state index contributed by atoms with van der Waals surface area (Å²) in [6, 6.07) is 16.6. The van der Waals surface area contributed by atoms with Crippen LogP contribution in [-0.4, -0.2) is 34.5 Å². The molecular weight excluding hydrogens is 318 g/mol. The first-order valence-corrected chi connectivity index (χ1v) is 8.05. The van der Waals surface area contributed by atoms with Gasteiger partial charge >= 0.3 is 5.97 Å². The summed E-state index contributed by atoms with van der Waals surface area (Å²) in [6.07, 6.45) is 0.160. The minimum absolute atomic E-state index is 0.160. The zero-order chi connectivity index (χ0) is 18.4. The number of rotatable bonds is 7. The predicted molar refractivity (Wildman–Crippen MR) is 95.4 cm³/mol. The van der Waals surface area contributed by atoms with E-state index in [2.05, 4.69) is 0 Å². The van der Waals surface area contributed by atoms with Crippen molar-refractivity contribution in [1.82, 2.24) is 4.90 Å². The summed E-state index contributed by atoms with van der Waals surface area (Å²) in [5, 5.41) is 9.57. The molecule has 25 heavy (non-hydrogen) atoms. The van der Waals surface area contributed by atoms with Crippen LogP contribution in [0.15, 0.2) is 54.6 Å². The molecule has 2 rings (SSSR count). The first kappa shape index (κ1) is 18.5. The lowest BCUT2D eigenvalue weighted by Gasteiger charge is -2.35. The number of amides is 1. The average molecular weight is 341 g/mol. The molecule has 0 bridgehead atoms. The van der Waals surface area contributed by atoms with Crippen LogP contribution in [0.2, 0.25) is 0 Å².